The molecule has 4 rings (SSSR count). The van der Waals surface area contributed by atoms with E-state index in [1.165, 1.54) is 42.5 Å². The third-order valence-corrected chi connectivity index (χ3v) is 4.86. The SMILES string of the molecule is O=C(NC(=S)Nc1ccc2oc(-c3c(F)c(F)c(F)c(F)c3F)nc2c1)c1ccc(Cl)cc1. The average molecular weight is 498 g/mol. The molecule has 0 saturated heterocycles. The molecule has 0 aliphatic rings. The van der Waals surface area contributed by atoms with Gasteiger partial charge in [0.05, 0.1) is 0 Å². The van der Waals surface area contributed by atoms with Crippen LogP contribution in [0.3, 0.4) is 0 Å². The first-order valence-electron chi connectivity index (χ1n) is 8.96. The summed E-state index contributed by atoms with van der Waals surface area (Å²) < 4.78 is 73.6. The molecule has 1 aromatic heterocycles. The number of oxazole rings is 1. The van der Waals surface area contributed by atoms with Crippen molar-refractivity contribution in [2.75, 3.05) is 5.32 Å². The van der Waals surface area contributed by atoms with Gasteiger partial charge >= 0.3 is 0 Å². The minimum Gasteiger partial charge on any atom is -0.436 e. The van der Waals surface area contributed by atoms with Crippen LogP contribution in [0, 0.1) is 29.1 Å². The highest BCUT2D eigenvalue weighted by molar-refractivity contribution is 7.80. The second-order valence-electron chi connectivity index (χ2n) is 6.56. The first kappa shape index (κ1) is 22.6. The Balaban J connectivity index is 1.57. The van der Waals surface area contributed by atoms with E-state index in [0.717, 1.165) is 0 Å². The van der Waals surface area contributed by atoms with Crippen molar-refractivity contribution in [2.24, 2.45) is 0 Å². The molecule has 0 spiro atoms. The van der Waals surface area contributed by atoms with Crippen molar-refractivity contribution in [3.05, 3.63) is 82.1 Å². The zero-order valence-electron chi connectivity index (χ0n) is 16.0. The van der Waals surface area contributed by atoms with Crippen LogP contribution in [0.15, 0.2) is 46.9 Å². The molecule has 0 radical (unpaired) electrons. The maximum atomic E-state index is 14.1. The van der Waals surface area contributed by atoms with E-state index in [9.17, 15) is 26.7 Å². The number of rotatable bonds is 3. The topological polar surface area (TPSA) is 67.2 Å². The number of nitrogens with one attached hydrogen (secondary N) is 2. The van der Waals surface area contributed by atoms with E-state index < -0.39 is 46.4 Å². The molecule has 2 N–H and O–H groups in total. The highest BCUT2D eigenvalue weighted by atomic mass is 35.5. The minimum atomic E-state index is -2.29. The number of carbonyl (C=O) groups is 1. The molecule has 1 amide bonds. The van der Waals surface area contributed by atoms with Gasteiger partial charge in [0.1, 0.15) is 11.1 Å². The minimum absolute atomic E-state index is 0.00982. The van der Waals surface area contributed by atoms with Gasteiger partial charge in [-0.05, 0) is 54.7 Å². The van der Waals surface area contributed by atoms with Gasteiger partial charge in [0.15, 0.2) is 34.0 Å². The standard InChI is InChI=1S/C21H9ClF5N3O2S/c22-9-3-1-8(2-4-9)19(31)30-21(33)28-10-5-6-12-11(7-10)29-20(32-12)13-14(23)16(25)18(27)17(26)15(13)24/h1-7H,(H2,28,30,31,33). The Morgan fingerprint density at radius 3 is 2.15 bits per heavy atom. The monoisotopic (exact) mass is 497 g/mol. The molecule has 168 valence electrons. The van der Waals surface area contributed by atoms with Crippen molar-refractivity contribution >= 4 is 51.6 Å². The smallest absolute Gasteiger partial charge is 0.257 e. The summed E-state index contributed by atoms with van der Waals surface area (Å²) in [4.78, 5) is 16.0. The lowest BCUT2D eigenvalue weighted by Gasteiger charge is -2.09. The predicted octanol–water partition coefficient (Wildman–Crippen LogP) is 5.97. The Hall–Kier alpha value is -3.57. The van der Waals surface area contributed by atoms with Gasteiger partial charge < -0.3 is 9.73 Å². The normalized spacial score (nSPS) is 11.0. The second kappa shape index (κ2) is 8.75. The molecule has 1 heterocycles. The van der Waals surface area contributed by atoms with E-state index in [1.54, 1.807) is 0 Å². The van der Waals surface area contributed by atoms with Gasteiger partial charge in [-0.25, -0.2) is 26.9 Å². The Labute approximate surface area is 192 Å². The van der Waals surface area contributed by atoms with Gasteiger partial charge in [0.2, 0.25) is 11.7 Å². The number of nitrogens with zero attached hydrogens (tertiary/aromatic N) is 1. The van der Waals surface area contributed by atoms with E-state index in [-0.39, 0.29) is 16.2 Å². The number of aromatic nitrogens is 1. The number of thiocarbonyl (C=S) groups is 1. The van der Waals surface area contributed by atoms with Gasteiger partial charge in [-0.3, -0.25) is 10.1 Å². The number of hydrogen-bond donors (Lipinski definition) is 2. The molecular weight excluding hydrogens is 489 g/mol. The number of fused-ring (bicyclic) bond motifs is 1. The average Bonchev–Trinajstić information content (AvgIpc) is 3.19. The van der Waals surface area contributed by atoms with Crippen molar-refractivity contribution in [3.63, 3.8) is 0 Å². The Kier molecular flexibility index (Phi) is 6.00. The molecule has 33 heavy (non-hydrogen) atoms. The summed E-state index contributed by atoms with van der Waals surface area (Å²) in [6.45, 7) is 0. The van der Waals surface area contributed by atoms with E-state index >= 15 is 0 Å². The van der Waals surface area contributed by atoms with Crippen molar-refractivity contribution in [2.45, 2.75) is 0 Å². The van der Waals surface area contributed by atoms with Gasteiger partial charge in [0.25, 0.3) is 5.91 Å². The second-order valence-corrected chi connectivity index (χ2v) is 7.41. The lowest BCUT2D eigenvalue weighted by atomic mass is 10.1. The number of halogens is 6. The van der Waals surface area contributed by atoms with E-state index in [0.29, 0.717) is 16.3 Å². The zero-order chi connectivity index (χ0) is 23.9. The number of amides is 1. The van der Waals surface area contributed by atoms with Gasteiger partial charge in [-0.2, -0.15) is 0 Å². The van der Waals surface area contributed by atoms with Crippen LogP contribution in [-0.4, -0.2) is 16.0 Å². The lowest BCUT2D eigenvalue weighted by molar-refractivity contribution is 0.0977. The third kappa shape index (κ3) is 4.37. The predicted molar refractivity (Wildman–Crippen MR) is 114 cm³/mol. The first-order chi connectivity index (χ1) is 15.7. The van der Waals surface area contributed by atoms with Crippen LogP contribution in [-0.2, 0) is 0 Å². The quantitative estimate of drug-likeness (QED) is 0.158. The largest absolute Gasteiger partial charge is 0.436 e. The van der Waals surface area contributed by atoms with Gasteiger partial charge in [-0.1, -0.05) is 11.6 Å². The maximum Gasteiger partial charge on any atom is 0.257 e. The Morgan fingerprint density at radius 1 is 0.909 bits per heavy atom. The van der Waals surface area contributed by atoms with Crippen LogP contribution in [0.5, 0.6) is 0 Å². The molecule has 5 nitrogen and oxygen atoms in total. The van der Waals surface area contributed by atoms with Gasteiger partial charge in [0, 0.05) is 16.3 Å². The molecule has 0 fully saturated rings. The molecule has 0 saturated carbocycles. The van der Waals surface area contributed by atoms with Crippen LogP contribution < -0.4 is 10.6 Å². The fourth-order valence-corrected chi connectivity index (χ4v) is 3.18. The van der Waals surface area contributed by atoms with Crippen LogP contribution >= 0.6 is 23.8 Å². The summed E-state index contributed by atoms with van der Waals surface area (Å²) in [6, 6.07) is 10.2. The van der Waals surface area contributed by atoms with Crippen molar-refractivity contribution in [3.8, 4) is 11.5 Å². The summed E-state index contributed by atoms with van der Waals surface area (Å²) in [5.74, 6) is -11.9. The van der Waals surface area contributed by atoms with Crippen LogP contribution in [0.2, 0.25) is 5.02 Å². The van der Waals surface area contributed by atoms with Crippen molar-refractivity contribution < 1.29 is 31.2 Å². The van der Waals surface area contributed by atoms with E-state index in [2.05, 4.69) is 15.6 Å². The first-order valence-corrected chi connectivity index (χ1v) is 9.74. The van der Waals surface area contributed by atoms with Crippen molar-refractivity contribution in [1.82, 2.24) is 10.3 Å². The summed E-state index contributed by atoms with van der Waals surface area (Å²) in [6.07, 6.45) is 0. The summed E-state index contributed by atoms with van der Waals surface area (Å²) >= 11 is 10.9. The summed E-state index contributed by atoms with van der Waals surface area (Å²) in [7, 11) is 0. The zero-order valence-corrected chi connectivity index (χ0v) is 17.6. The molecule has 4 aromatic rings. The molecule has 3 aromatic carbocycles. The molecule has 0 aliphatic heterocycles. The number of benzene rings is 3. The van der Waals surface area contributed by atoms with Crippen LogP contribution in [0.4, 0.5) is 27.6 Å². The van der Waals surface area contributed by atoms with Crippen LogP contribution in [0.25, 0.3) is 22.6 Å². The van der Waals surface area contributed by atoms with Crippen molar-refractivity contribution in [1.29, 1.82) is 0 Å². The molecule has 0 unspecified atom stereocenters. The molecule has 12 heteroatoms. The number of carbonyl (C=O) groups excluding carboxylic acids is 1. The number of hydrogen-bond acceptors (Lipinski definition) is 4. The highest BCUT2D eigenvalue weighted by Gasteiger charge is 2.29. The lowest BCUT2D eigenvalue weighted by Crippen LogP contribution is -2.34. The molecule has 0 atom stereocenters. The fraction of sp³-hybridized carbons (Fsp3) is 0. The molecule has 0 bridgehead atoms. The fourth-order valence-electron chi connectivity index (χ4n) is 2.84. The Morgan fingerprint density at radius 2 is 1.52 bits per heavy atom. The molecular formula is C21H9ClF5N3O2S. The van der Waals surface area contributed by atoms with E-state index in [1.807, 2.05) is 0 Å². The summed E-state index contributed by atoms with van der Waals surface area (Å²) in [5, 5.41) is 5.56. The maximum absolute atomic E-state index is 14.1. The Bertz CT molecular complexity index is 1400. The third-order valence-electron chi connectivity index (χ3n) is 4.40. The highest BCUT2D eigenvalue weighted by Crippen LogP contribution is 2.33. The van der Waals surface area contributed by atoms with Crippen LogP contribution in [0.1, 0.15) is 10.4 Å². The molecule has 0 aliphatic carbocycles. The number of anilines is 1. The summed E-state index contributed by atoms with van der Waals surface area (Å²) in [5.41, 5.74) is -0.631. The van der Waals surface area contributed by atoms with E-state index in [4.69, 9.17) is 28.2 Å². The van der Waals surface area contributed by atoms with Gasteiger partial charge in [-0.15, -0.1) is 0 Å².